The molecule has 1 heterocycles. The Kier molecular flexibility index (Phi) is 4.42. The largest absolute Gasteiger partial charge is 0.368 e. The quantitative estimate of drug-likeness (QED) is 0.891. The summed E-state index contributed by atoms with van der Waals surface area (Å²) in [6.07, 6.45) is 0. The predicted molar refractivity (Wildman–Crippen MR) is 92.2 cm³/mol. The minimum absolute atomic E-state index is 0.105. The number of hydrazine groups is 2. The summed E-state index contributed by atoms with van der Waals surface area (Å²) in [5.74, 6) is -0.877. The maximum Gasteiger partial charge on any atom is 0.272 e. The Balaban J connectivity index is 1.99. The predicted octanol–water partition coefficient (Wildman–Crippen LogP) is 2.27. The lowest BCUT2D eigenvalue weighted by atomic mass is 10.0. The van der Waals surface area contributed by atoms with Gasteiger partial charge < -0.3 is 5.73 Å². The second kappa shape index (κ2) is 6.51. The van der Waals surface area contributed by atoms with E-state index in [9.17, 15) is 9.59 Å². The van der Waals surface area contributed by atoms with Crippen molar-refractivity contribution in [1.29, 1.82) is 0 Å². The van der Waals surface area contributed by atoms with E-state index in [4.69, 9.17) is 17.3 Å². The van der Waals surface area contributed by atoms with E-state index in [1.165, 1.54) is 5.01 Å². The van der Waals surface area contributed by atoms with Gasteiger partial charge >= 0.3 is 0 Å². The van der Waals surface area contributed by atoms with Crippen LogP contribution in [0.2, 0.25) is 5.02 Å². The molecule has 0 aliphatic carbocycles. The minimum atomic E-state index is -0.589. The molecular formula is C17H17ClN4O2. The molecule has 124 valence electrons. The van der Waals surface area contributed by atoms with Crippen LogP contribution in [0.15, 0.2) is 48.5 Å². The molecule has 1 unspecified atom stereocenters. The van der Waals surface area contributed by atoms with Gasteiger partial charge in [-0.15, -0.1) is 5.53 Å². The fraction of sp³-hybridized carbons (Fsp3) is 0.176. The molecule has 0 spiro atoms. The number of carbonyl (C=O) groups is 2. The van der Waals surface area contributed by atoms with Gasteiger partial charge in [-0.25, -0.2) is 5.01 Å². The van der Waals surface area contributed by atoms with Crippen molar-refractivity contribution in [3.05, 3.63) is 64.7 Å². The molecule has 0 saturated carbocycles. The molecule has 0 bridgehead atoms. The standard InChI is InChI=1S/C17H17ClN4O2/c1-11(12-6-8-13(18)9-7-12)22-15-5-3-2-4-14(15)17(24)21(20-22)10-16(19)23/h2-9,11,20H,10H2,1H3,(H2,19,23). The minimum Gasteiger partial charge on any atom is -0.368 e. The van der Waals surface area contributed by atoms with Crippen LogP contribution in [0, 0.1) is 0 Å². The van der Waals surface area contributed by atoms with Crippen LogP contribution in [-0.2, 0) is 4.79 Å². The van der Waals surface area contributed by atoms with E-state index in [0.29, 0.717) is 10.6 Å². The molecule has 0 aromatic heterocycles. The van der Waals surface area contributed by atoms with Crippen molar-refractivity contribution in [2.45, 2.75) is 13.0 Å². The number of nitrogens with one attached hydrogen (secondary N) is 1. The van der Waals surface area contributed by atoms with Crippen molar-refractivity contribution >= 4 is 29.1 Å². The molecule has 2 aromatic carbocycles. The van der Waals surface area contributed by atoms with Gasteiger partial charge in [0.1, 0.15) is 6.54 Å². The van der Waals surface area contributed by atoms with Crippen LogP contribution in [0.4, 0.5) is 5.69 Å². The number of anilines is 1. The number of carbonyl (C=O) groups excluding carboxylic acids is 2. The highest BCUT2D eigenvalue weighted by Crippen LogP contribution is 2.32. The Hall–Kier alpha value is -2.57. The van der Waals surface area contributed by atoms with Crippen LogP contribution in [-0.4, -0.2) is 23.4 Å². The first-order valence-corrected chi connectivity index (χ1v) is 7.85. The number of fused-ring (bicyclic) bond motifs is 1. The summed E-state index contributed by atoms with van der Waals surface area (Å²) in [4.78, 5) is 23.8. The molecular weight excluding hydrogens is 328 g/mol. The third-order valence-corrected chi connectivity index (χ3v) is 4.17. The number of primary amides is 1. The van der Waals surface area contributed by atoms with Crippen molar-refractivity contribution < 1.29 is 9.59 Å². The molecule has 0 radical (unpaired) electrons. The zero-order valence-corrected chi connectivity index (χ0v) is 13.8. The van der Waals surface area contributed by atoms with E-state index in [2.05, 4.69) is 5.53 Å². The molecule has 7 heteroatoms. The fourth-order valence-corrected chi connectivity index (χ4v) is 2.81. The Bertz CT molecular complexity index is 778. The summed E-state index contributed by atoms with van der Waals surface area (Å²) in [5.41, 5.74) is 10.5. The normalized spacial score (nSPS) is 15.2. The maximum absolute atomic E-state index is 12.5. The molecule has 1 atom stereocenters. The Labute approximate surface area is 144 Å². The van der Waals surface area contributed by atoms with Gasteiger partial charge in [-0.2, -0.15) is 0 Å². The first-order valence-electron chi connectivity index (χ1n) is 7.47. The summed E-state index contributed by atoms with van der Waals surface area (Å²) < 4.78 is 0. The van der Waals surface area contributed by atoms with Crippen LogP contribution in [0.3, 0.4) is 0 Å². The number of rotatable bonds is 4. The van der Waals surface area contributed by atoms with Gasteiger partial charge in [0.15, 0.2) is 0 Å². The van der Waals surface area contributed by atoms with Gasteiger partial charge in [0.2, 0.25) is 5.91 Å². The second-order valence-electron chi connectivity index (χ2n) is 5.57. The SMILES string of the molecule is CC(c1ccc(Cl)cc1)N1NN(CC(N)=O)C(=O)c2ccccc21. The Morgan fingerprint density at radius 2 is 1.88 bits per heavy atom. The number of amides is 2. The van der Waals surface area contributed by atoms with Gasteiger partial charge in [-0.05, 0) is 36.8 Å². The molecule has 1 aliphatic heterocycles. The monoisotopic (exact) mass is 344 g/mol. The van der Waals surface area contributed by atoms with E-state index in [1.807, 2.05) is 48.3 Å². The molecule has 2 amide bonds. The van der Waals surface area contributed by atoms with E-state index < -0.39 is 5.91 Å². The summed E-state index contributed by atoms with van der Waals surface area (Å²) in [5, 5.41) is 3.71. The Morgan fingerprint density at radius 1 is 1.21 bits per heavy atom. The molecule has 6 nitrogen and oxygen atoms in total. The molecule has 0 fully saturated rings. The topological polar surface area (TPSA) is 78.7 Å². The summed E-state index contributed by atoms with van der Waals surface area (Å²) in [6.45, 7) is 1.78. The molecule has 24 heavy (non-hydrogen) atoms. The van der Waals surface area contributed by atoms with Crippen molar-refractivity contribution in [1.82, 2.24) is 10.5 Å². The average Bonchev–Trinajstić information content (AvgIpc) is 2.57. The molecule has 3 N–H and O–H groups in total. The van der Waals surface area contributed by atoms with Crippen molar-refractivity contribution in [3.63, 3.8) is 0 Å². The highest BCUT2D eigenvalue weighted by atomic mass is 35.5. The zero-order chi connectivity index (χ0) is 17.3. The maximum atomic E-state index is 12.5. The van der Waals surface area contributed by atoms with Crippen molar-refractivity contribution in [3.8, 4) is 0 Å². The fourth-order valence-electron chi connectivity index (χ4n) is 2.69. The molecule has 0 saturated heterocycles. The van der Waals surface area contributed by atoms with Gasteiger partial charge in [0.25, 0.3) is 5.91 Å². The van der Waals surface area contributed by atoms with Crippen LogP contribution >= 0.6 is 11.6 Å². The highest BCUT2D eigenvalue weighted by molar-refractivity contribution is 6.30. The van der Waals surface area contributed by atoms with E-state index >= 15 is 0 Å². The zero-order valence-electron chi connectivity index (χ0n) is 13.1. The van der Waals surface area contributed by atoms with Crippen LogP contribution in [0.25, 0.3) is 0 Å². The number of hydrogen-bond donors (Lipinski definition) is 2. The van der Waals surface area contributed by atoms with Crippen LogP contribution in [0.1, 0.15) is 28.9 Å². The van der Waals surface area contributed by atoms with Crippen molar-refractivity contribution in [2.24, 2.45) is 5.73 Å². The molecule has 3 rings (SSSR count). The smallest absolute Gasteiger partial charge is 0.272 e. The van der Waals surface area contributed by atoms with Gasteiger partial charge in [-0.3, -0.25) is 14.6 Å². The van der Waals surface area contributed by atoms with Gasteiger partial charge in [-0.1, -0.05) is 35.9 Å². The summed E-state index contributed by atoms with van der Waals surface area (Å²) in [7, 11) is 0. The first kappa shape index (κ1) is 16.3. The lowest BCUT2D eigenvalue weighted by Crippen LogP contribution is -2.59. The third kappa shape index (κ3) is 3.06. The second-order valence-corrected chi connectivity index (χ2v) is 6.01. The van der Waals surface area contributed by atoms with Crippen LogP contribution in [0.5, 0.6) is 0 Å². The number of nitrogens with zero attached hydrogens (tertiary/aromatic N) is 2. The summed E-state index contributed by atoms with van der Waals surface area (Å²) >= 11 is 5.95. The van der Waals surface area contributed by atoms with Gasteiger partial charge in [0.05, 0.1) is 17.3 Å². The number of halogens is 1. The average molecular weight is 345 g/mol. The molecule has 1 aliphatic rings. The lowest BCUT2D eigenvalue weighted by Gasteiger charge is -2.41. The van der Waals surface area contributed by atoms with E-state index in [-0.39, 0.29) is 18.5 Å². The lowest BCUT2D eigenvalue weighted by molar-refractivity contribution is -0.119. The first-order chi connectivity index (χ1) is 11.5. The molecule has 2 aromatic rings. The number of nitrogens with two attached hydrogens (primary N) is 1. The highest BCUT2D eigenvalue weighted by Gasteiger charge is 2.32. The van der Waals surface area contributed by atoms with E-state index in [1.54, 1.807) is 12.1 Å². The number of para-hydroxylation sites is 1. The third-order valence-electron chi connectivity index (χ3n) is 3.92. The summed E-state index contributed by atoms with van der Waals surface area (Å²) in [6, 6.07) is 14.6. The number of benzene rings is 2. The van der Waals surface area contributed by atoms with E-state index in [0.717, 1.165) is 11.3 Å². The van der Waals surface area contributed by atoms with Crippen LogP contribution < -0.4 is 16.3 Å². The Morgan fingerprint density at radius 3 is 2.54 bits per heavy atom. The van der Waals surface area contributed by atoms with Crippen molar-refractivity contribution in [2.75, 3.05) is 11.6 Å². The number of hydrogen-bond acceptors (Lipinski definition) is 4. The van der Waals surface area contributed by atoms with Gasteiger partial charge in [0, 0.05) is 5.02 Å².